The van der Waals surface area contributed by atoms with Gasteiger partial charge in [0.05, 0.1) is 0 Å². The molecule has 7 heteroatoms. The number of aliphatic hydroxyl groups is 1. The van der Waals surface area contributed by atoms with Crippen molar-refractivity contribution in [3.63, 3.8) is 0 Å². The molecule has 4 rings (SSSR count). The number of benzene rings is 1. The lowest BCUT2D eigenvalue weighted by molar-refractivity contribution is -0.163. The number of amidine groups is 1. The number of rotatable bonds is 6. The van der Waals surface area contributed by atoms with E-state index in [1.54, 1.807) is 17.6 Å². The Hall–Kier alpha value is -2.35. The third-order valence-corrected chi connectivity index (χ3v) is 6.17. The molecular weight excluding hydrogens is 371 g/mol. The highest BCUT2D eigenvalue weighted by Gasteiger charge is 2.62. The van der Waals surface area contributed by atoms with Crippen LogP contribution in [0.15, 0.2) is 42.7 Å². The molecule has 2 heterocycles. The number of pyridine rings is 1. The van der Waals surface area contributed by atoms with Crippen molar-refractivity contribution < 1.29 is 14.7 Å². The average molecular weight is 398 g/mol. The highest BCUT2D eigenvalue weighted by molar-refractivity contribution is 5.95. The minimum Gasteiger partial charge on any atom is -0.377 e. The van der Waals surface area contributed by atoms with Crippen LogP contribution in [0.4, 0.5) is 4.39 Å². The van der Waals surface area contributed by atoms with Crippen molar-refractivity contribution in [2.24, 2.45) is 0 Å². The molecule has 1 aromatic heterocycles. The van der Waals surface area contributed by atoms with Gasteiger partial charge in [-0.1, -0.05) is 38.1 Å². The predicted molar refractivity (Wildman–Crippen MR) is 108 cm³/mol. The van der Waals surface area contributed by atoms with E-state index in [0.717, 1.165) is 18.4 Å². The normalized spacial score (nSPS) is 20.8. The fourth-order valence-corrected chi connectivity index (χ4v) is 4.16. The fraction of sp³-hybridized carbons (Fsp3) is 0.455. The van der Waals surface area contributed by atoms with Gasteiger partial charge in [0.15, 0.2) is 17.1 Å². The Morgan fingerprint density at radius 2 is 1.90 bits per heavy atom. The first kappa shape index (κ1) is 19.9. The van der Waals surface area contributed by atoms with E-state index in [1.165, 1.54) is 18.5 Å². The maximum absolute atomic E-state index is 16.2. The van der Waals surface area contributed by atoms with Gasteiger partial charge in [-0.3, -0.25) is 26.0 Å². The van der Waals surface area contributed by atoms with E-state index in [0.29, 0.717) is 17.5 Å². The number of nitrogens with zero attached hydrogens (tertiary/aromatic N) is 2. The van der Waals surface area contributed by atoms with Gasteiger partial charge in [-0.15, -0.1) is 0 Å². The van der Waals surface area contributed by atoms with Crippen LogP contribution in [0.3, 0.4) is 0 Å². The van der Waals surface area contributed by atoms with Gasteiger partial charge in [-0.05, 0) is 36.0 Å². The van der Waals surface area contributed by atoms with Crippen molar-refractivity contribution >= 4 is 5.84 Å². The van der Waals surface area contributed by atoms with E-state index in [2.05, 4.69) is 23.7 Å². The second-order valence-corrected chi connectivity index (χ2v) is 8.54. The number of nitrogens with one attached hydrogen (secondary N) is 2. The van der Waals surface area contributed by atoms with Crippen LogP contribution in [-0.4, -0.2) is 50.8 Å². The molecule has 154 valence electrons. The molecule has 29 heavy (non-hydrogen) atoms. The topological polar surface area (TPSA) is 92.5 Å². The maximum atomic E-state index is 16.2. The zero-order valence-corrected chi connectivity index (χ0v) is 16.7. The quantitative estimate of drug-likeness (QED) is 0.341. The molecule has 6 nitrogen and oxygen atoms in total. The highest BCUT2D eigenvalue weighted by Crippen LogP contribution is 2.49. The minimum absolute atomic E-state index is 0.153. The molecule has 0 amide bonds. The van der Waals surface area contributed by atoms with E-state index < -0.39 is 11.3 Å². The summed E-state index contributed by atoms with van der Waals surface area (Å²) in [5.41, 5.74) is 0.0990. The van der Waals surface area contributed by atoms with Crippen molar-refractivity contribution in [3.8, 4) is 0 Å². The molecule has 2 aliphatic rings. The molecule has 2 aromatic rings. The highest BCUT2D eigenvalue weighted by atomic mass is 19.1. The average Bonchev–Trinajstić information content (AvgIpc) is 3.55. The molecule has 1 aliphatic heterocycles. The number of likely N-dealkylation sites (tertiary alicyclic amines) is 1. The second kappa shape index (κ2) is 7.16. The lowest BCUT2D eigenvalue weighted by atomic mass is 9.70. The van der Waals surface area contributed by atoms with Gasteiger partial charge in [0.2, 0.25) is 0 Å². The third kappa shape index (κ3) is 3.33. The van der Waals surface area contributed by atoms with Crippen LogP contribution in [0.25, 0.3) is 0 Å². The summed E-state index contributed by atoms with van der Waals surface area (Å²) in [6.07, 6.45) is 4.98. The van der Waals surface area contributed by atoms with Crippen molar-refractivity contribution in [2.75, 3.05) is 13.1 Å². The van der Waals surface area contributed by atoms with Crippen LogP contribution < -0.4 is 5.48 Å². The largest absolute Gasteiger partial charge is 0.377 e. The van der Waals surface area contributed by atoms with E-state index in [-0.39, 0.29) is 30.1 Å². The van der Waals surface area contributed by atoms with Crippen molar-refractivity contribution in [1.82, 2.24) is 15.4 Å². The molecule has 1 atom stereocenters. The lowest BCUT2D eigenvalue weighted by Gasteiger charge is -2.53. The monoisotopic (exact) mass is 398 g/mol. The number of alkyl halides is 1. The molecule has 1 aromatic carbocycles. The van der Waals surface area contributed by atoms with E-state index in [1.807, 2.05) is 12.1 Å². The summed E-state index contributed by atoms with van der Waals surface area (Å²) in [6, 6.07) is 9.32. The minimum atomic E-state index is -1.91. The Morgan fingerprint density at radius 3 is 2.45 bits per heavy atom. The smallest absolute Gasteiger partial charge is 0.173 e. The van der Waals surface area contributed by atoms with Crippen molar-refractivity contribution in [3.05, 3.63) is 65.0 Å². The molecule has 0 bridgehead atoms. The standard InChI is InChI=1S/C22H27FN4O2/c1-14(2)15-3-5-17(6-4-15)22(28,21(23)12-27(13-21)19-7-8-19)18-9-16(10-25-11-18)20(24)26-29/h3-6,9-11,14,19,28-29H,7-8,12-13H2,1-2H3,(H2,24,26). The van der Waals surface area contributed by atoms with Crippen molar-refractivity contribution in [2.45, 2.75) is 49.9 Å². The third-order valence-electron chi connectivity index (χ3n) is 6.17. The van der Waals surface area contributed by atoms with Gasteiger partial charge < -0.3 is 5.11 Å². The Labute approximate surface area is 169 Å². The maximum Gasteiger partial charge on any atom is 0.173 e. The molecule has 1 aliphatic carbocycles. The number of hydrogen-bond acceptors (Lipinski definition) is 5. The molecule has 4 N–H and O–H groups in total. The second-order valence-electron chi connectivity index (χ2n) is 8.54. The molecular formula is C22H27FN4O2. The van der Waals surface area contributed by atoms with Crippen LogP contribution >= 0.6 is 0 Å². The molecule has 0 radical (unpaired) electrons. The number of hydroxylamine groups is 1. The van der Waals surface area contributed by atoms with Crippen LogP contribution in [0.5, 0.6) is 0 Å². The number of halogens is 1. The van der Waals surface area contributed by atoms with Crippen LogP contribution in [0.2, 0.25) is 0 Å². The summed E-state index contributed by atoms with van der Waals surface area (Å²) in [5.74, 6) is 0.0598. The summed E-state index contributed by atoms with van der Waals surface area (Å²) < 4.78 is 16.2. The SMILES string of the molecule is CC(C)c1ccc(C(O)(c2cncc(C(=N)NO)c2)C2(F)CN(C3CC3)C2)cc1. The van der Waals surface area contributed by atoms with E-state index in [9.17, 15) is 5.11 Å². The fourth-order valence-electron chi connectivity index (χ4n) is 4.16. The summed E-state index contributed by atoms with van der Waals surface area (Å²) in [7, 11) is 0. The first-order valence-electron chi connectivity index (χ1n) is 9.99. The Balaban J connectivity index is 1.78. The summed E-state index contributed by atoms with van der Waals surface area (Å²) in [6.45, 7) is 4.47. The summed E-state index contributed by atoms with van der Waals surface area (Å²) in [4.78, 5) is 6.17. The van der Waals surface area contributed by atoms with Crippen molar-refractivity contribution in [1.29, 1.82) is 5.41 Å². The molecule has 0 spiro atoms. The van der Waals surface area contributed by atoms with Gasteiger partial charge >= 0.3 is 0 Å². The summed E-state index contributed by atoms with van der Waals surface area (Å²) in [5, 5.41) is 28.7. The zero-order valence-electron chi connectivity index (χ0n) is 16.7. The van der Waals surface area contributed by atoms with Crippen LogP contribution in [0, 0.1) is 5.41 Å². The van der Waals surface area contributed by atoms with Gasteiger partial charge in [-0.2, -0.15) is 0 Å². The Kier molecular flexibility index (Phi) is 4.93. The molecule has 1 saturated carbocycles. The molecule has 1 saturated heterocycles. The van der Waals surface area contributed by atoms with Gasteiger partial charge in [-0.25, -0.2) is 4.39 Å². The van der Waals surface area contributed by atoms with Gasteiger partial charge in [0, 0.05) is 42.7 Å². The Bertz CT molecular complexity index is 907. The first-order chi connectivity index (χ1) is 13.8. The van der Waals surface area contributed by atoms with Crippen LogP contribution in [-0.2, 0) is 5.60 Å². The Morgan fingerprint density at radius 1 is 1.24 bits per heavy atom. The number of aromatic nitrogens is 1. The molecule has 1 unspecified atom stereocenters. The number of hydrogen-bond donors (Lipinski definition) is 4. The van der Waals surface area contributed by atoms with Crippen LogP contribution in [0.1, 0.15) is 54.9 Å². The van der Waals surface area contributed by atoms with Gasteiger partial charge in [0.1, 0.15) is 0 Å². The van der Waals surface area contributed by atoms with E-state index in [4.69, 9.17) is 10.6 Å². The van der Waals surface area contributed by atoms with Gasteiger partial charge in [0.25, 0.3) is 0 Å². The summed E-state index contributed by atoms with van der Waals surface area (Å²) >= 11 is 0. The molecule has 2 fully saturated rings. The first-order valence-corrected chi connectivity index (χ1v) is 9.99. The zero-order chi connectivity index (χ0) is 20.8. The lowest BCUT2D eigenvalue weighted by Crippen LogP contribution is -2.69. The predicted octanol–water partition coefficient (Wildman–Crippen LogP) is 2.93. The van der Waals surface area contributed by atoms with E-state index >= 15 is 4.39 Å².